The average molecular weight is 399 g/mol. The van der Waals surface area contributed by atoms with Gasteiger partial charge in [0.2, 0.25) is 15.9 Å². The van der Waals surface area contributed by atoms with E-state index in [2.05, 4.69) is 4.72 Å². The summed E-state index contributed by atoms with van der Waals surface area (Å²) in [5.74, 6) is 0.117. The Morgan fingerprint density at radius 1 is 1.04 bits per heavy atom. The molecule has 0 saturated carbocycles. The first-order chi connectivity index (χ1) is 11.8. The molecule has 1 amide bonds. The SMILES string of the molecule is O=C1CCCN1c1ccc(CNS(=O)(=O)c2cc(Cl)cc(Cl)c2)cc1. The number of nitrogens with one attached hydrogen (secondary N) is 1. The van der Waals surface area contributed by atoms with Crippen LogP contribution in [0.4, 0.5) is 5.69 Å². The molecule has 5 nitrogen and oxygen atoms in total. The highest BCUT2D eigenvalue weighted by Gasteiger charge is 2.21. The highest BCUT2D eigenvalue weighted by atomic mass is 35.5. The fraction of sp³-hybridized carbons (Fsp3) is 0.235. The molecule has 0 spiro atoms. The molecule has 0 unspecified atom stereocenters. The molecule has 2 aromatic carbocycles. The van der Waals surface area contributed by atoms with Gasteiger partial charge in [-0.1, -0.05) is 35.3 Å². The lowest BCUT2D eigenvalue weighted by molar-refractivity contribution is -0.117. The van der Waals surface area contributed by atoms with Crippen molar-refractivity contribution in [3.05, 3.63) is 58.1 Å². The third-order valence-electron chi connectivity index (χ3n) is 3.93. The van der Waals surface area contributed by atoms with E-state index in [9.17, 15) is 13.2 Å². The van der Waals surface area contributed by atoms with E-state index in [1.807, 2.05) is 12.1 Å². The summed E-state index contributed by atoms with van der Waals surface area (Å²) >= 11 is 11.7. The van der Waals surface area contributed by atoms with Gasteiger partial charge >= 0.3 is 0 Å². The highest BCUT2D eigenvalue weighted by molar-refractivity contribution is 7.89. The van der Waals surface area contributed by atoms with Crippen LogP contribution < -0.4 is 9.62 Å². The molecular weight excluding hydrogens is 383 g/mol. The van der Waals surface area contributed by atoms with Gasteiger partial charge in [-0.25, -0.2) is 13.1 Å². The summed E-state index contributed by atoms with van der Waals surface area (Å²) < 4.78 is 27.2. The van der Waals surface area contributed by atoms with Crippen LogP contribution in [0.2, 0.25) is 10.0 Å². The molecule has 0 atom stereocenters. The topological polar surface area (TPSA) is 66.5 Å². The minimum Gasteiger partial charge on any atom is -0.312 e. The first-order valence-corrected chi connectivity index (χ1v) is 9.94. The molecular formula is C17H16Cl2N2O3S. The number of nitrogens with zero attached hydrogens (tertiary/aromatic N) is 1. The van der Waals surface area contributed by atoms with Gasteiger partial charge < -0.3 is 4.90 Å². The molecule has 1 fully saturated rings. The zero-order chi connectivity index (χ0) is 18.0. The van der Waals surface area contributed by atoms with Crippen LogP contribution in [0, 0.1) is 0 Å². The van der Waals surface area contributed by atoms with Crippen molar-refractivity contribution >= 4 is 44.8 Å². The molecule has 0 aromatic heterocycles. The van der Waals surface area contributed by atoms with Gasteiger partial charge in [0.05, 0.1) is 4.90 Å². The van der Waals surface area contributed by atoms with Gasteiger partial charge in [-0.15, -0.1) is 0 Å². The predicted octanol–water partition coefficient (Wildman–Crippen LogP) is 3.60. The van der Waals surface area contributed by atoms with Crippen molar-refractivity contribution in [2.75, 3.05) is 11.4 Å². The van der Waals surface area contributed by atoms with Crippen LogP contribution in [-0.4, -0.2) is 20.9 Å². The van der Waals surface area contributed by atoms with Crippen molar-refractivity contribution in [1.82, 2.24) is 4.72 Å². The fourth-order valence-electron chi connectivity index (χ4n) is 2.66. The summed E-state index contributed by atoms with van der Waals surface area (Å²) in [6, 6.07) is 11.4. The predicted molar refractivity (Wildman–Crippen MR) is 98.5 cm³/mol. The number of carbonyl (C=O) groups excluding carboxylic acids is 1. The molecule has 0 aliphatic carbocycles. The summed E-state index contributed by atoms with van der Waals surface area (Å²) in [4.78, 5) is 13.5. The third kappa shape index (κ3) is 4.33. The minimum atomic E-state index is -3.72. The summed E-state index contributed by atoms with van der Waals surface area (Å²) in [5, 5.41) is 0.514. The Bertz CT molecular complexity index is 878. The van der Waals surface area contributed by atoms with Crippen molar-refractivity contribution in [3.63, 3.8) is 0 Å². The largest absolute Gasteiger partial charge is 0.312 e. The second kappa shape index (κ2) is 7.33. The van der Waals surface area contributed by atoms with E-state index in [1.165, 1.54) is 18.2 Å². The van der Waals surface area contributed by atoms with Gasteiger partial charge in [-0.3, -0.25) is 4.79 Å². The van der Waals surface area contributed by atoms with Crippen molar-refractivity contribution < 1.29 is 13.2 Å². The monoisotopic (exact) mass is 398 g/mol. The maximum absolute atomic E-state index is 12.3. The van der Waals surface area contributed by atoms with E-state index >= 15 is 0 Å². The van der Waals surface area contributed by atoms with Gasteiger partial charge in [0.25, 0.3) is 0 Å². The maximum atomic E-state index is 12.3. The van der Waals surface area contributed by atoms with Crippen LogP contribution in [0.15, 0.2) is 47.4 Å². The maximum Gasteiger partial charge on any atom is 0.240 e. The molecule has 1 heterocycles. The zero-order valence-corrected chi connectivity index (χ0v) is 15.5. The van der Waals surface area contributed by atoms with Crippen LogP contribution in [0.25, 0.3) is 0 Å². The van der Waals surface area contributed by atoms with E-state index < -0.39 is 10.0 Å². The van der Waals surface area contributed by atoms with Crippen LogP contribution in [-0.2, 0) is 21.4 Å². The summed E-state index contributed by atoms with van der Waals surface area (Å²) in [7, 11) is -3.72. The van der Waals surface area contributed by atoms with E-state index in [4.69, 9.17) is 23.2 Å². The molecule has 1 aliphatic heterocycles. The third-order valence-corrected chi connectivity index (χ3v) is 5.75. The molecule has 1 aliphatic rings. The lowest BCUT2D eigenvalue weighted by atomic mass is 10.2. The lowest BCUT2D eigenvalue weighted by Gasteiger charge is -2.16. The first kappa shape index (κ1) is 18.2. The number of halogens is 2. The van der Waals surface area contributed by atoms with Gasteiger partial charge in [0, 0.05) is 35.2 Å². The number of amides is 1. The van der Waals surface area contributed by atoms with Crippen LogP contribution in [0.5, 0.6) is 0 Å². The van der Waals surface area contributed by atoms with Crippen molar-refractivity contribution in [2.24, 2.45) is 0 Å². The summed E-state index contributed by atoms with van der Waals surface area (Å²) in [6.45, 7) is 0.848. The van der Waals surface area contributed by atoms with Gasteiger partial charge in [0.15, 0.2) is 0 Å². The number of hydrogen-bond donors (Lipinski definition) is 1. The number of sulfonamides is 1. The van der Waals surface area contributed by atoms with Crippen molar-refractivity contribution in [3.8, 4) is 0 Å². The molecule has 3 rings (SSSR count). The molecule has 1 saturated heterocycles. The Kier molecular flexibility index (Phi) is 5.34. The number of carbonyl (C=O) groups is 1. The van der Waals surface area contributed by atoms with Gasteiger partial charge in [-0.05, 0) is 42.3 Å². The van der Waals surface area contributed by atoms with E-state index in [-0.39, 0.29) is 27.4 Å². The average Bonchev–Trinajstić information content (AvgIpc) is 2.99. The normalized spacial score (nSPS) is 15.0. The number of rotatable bonds is 5. The first-order valence-electron chi connectivity index (χ1n) is 7.70. The minimum absolute atomic E-state index is 0.0179. The van der Waals surface area contributed by atoms with Crippen molar-refractivity contribution in [2.45, 2.75) is 24.3 Å². The fourth-order valence-corrected chi connectivity index (χ4v) is 4.40. The lowest BCUT2D eigenvalue weighted by Crippen LogP contribution is -2.24. The zero-order valence-electron chi connectivity index (χ0n) is 13.2. The van der Waals surface area contributed by atoms with E-state index in [0.717, 1.165) is 24.2 Å². The molecule has 0 radical (unpaired) electrons. The Balaban J connectivity index is 1.69. The molecule has 2 aromatic rings. The van der Waals surface area contributed by atoms with Crippen LogP contribution >= 0.6 is 23.2 Å². The smallest absolute Gasteiger partial charge is 0.240 e. The quantitative estimate of drug-likeness (QED) is 0.836. The molecule has 0 bridgehead atoms. The van der Waals surface area contributed by atoms with E-state index in [0.29, 0.717) is 6.42 Å². The van der Waals surface area contributed by atoms with Crippen LogP contribution in [0.1, 0.15) is 18.4 Å². The number of benzene rings is 2. The number of anilines is 1. The van der Waals surface area contributed by atoms with Gasteiger partial charge in [0.1, 0.15) is 0 Å². The summed E-state index contributed by atoms with van der Waals surface area (Å²) in [5.41, 5.74) is 1.61. The highest BCUT2D eigenvalue weighted by Crippen LogP contribution is 2.23. The van der Waals surface area contributed by atoms with E-state index in [1.54, 1.807) is 17.0 Å². The second-order valence-corrected chi connectivity index (χ2v) is 8.38. The van der Waals surface area contributed by atoms with Gasteiger partial charge in [-0.2, -0.15) is 0 Å². The van der Waals surface area contributed by atoms with Crippen molar-refractivity contribution in [1.29, 1.82) is 0 Å². The number of hydrogen-bond acceptors (Lipinski definition) is 3. The molecule has 25 heavy (non-hydrogen) atoms. The molecule has 8 heteroatoms. The molecule has 1 N–H and O–H groups in total. The van der Waals surface area contributed by atoms with Crippen LogP contribution in [0.3, 0.4) is 0 Å². The standard InChI is InChI=1S/C17H16Cl2N2O3S/c18-13-8-14(19)10-16(9-13)25(23,24)20-11-12-3-5-15(6-4-12)21-7-1-2-17(21)22/h3-6,8-10,20H,1-2,7,11H2. The summed E-state index contributed by atoms with van der Waals surface area (Å²) in [6.07, 6.45) is 1.44. The Hall–Kier alpha value is -1.60. The molecule has 132 valence electrons. The second-order valence-electron chi connectivity index (χ2n) is 5.75. The Morgan fingerprint density at radius 3 is 2.24 bits per heavy atom. The Labute approximate surface area is 156 Å². The Morgan fingerprint density at radius 2 is 1.68 bits per heavy atom.